The zero-order valence-corrected chi connectivity index (χ0v) is 10.3. The van der Waals surface area contributed by atoms with E-state index < -0.39 is 0 Å². The van der Waals surface area contributed by atoms with Gasteiger partial charge in [0.25, 0.3) is 5.69 Å². The van der Waals surface area contributed by atoms with E-state index in [9.17, 15) is 10.1 Å². The van der Waals surface area contributed by atoms with Gasteiger partial charge in [-0.3, -0.25) is 15.2 Å². The van der Waals surface area contributed by atoms with Gasteiger partial charge in [0, 0.05) is 29.6 Å². The lowest BCUT2D eigenvalue weighted by Gasteiger charge is -2.23. The molecule has 1 aromatic heterocycles. The highest BCUT2D eigenvalue weighted by atomic mass is 16.6. The number of benzene rings is 1. The van der Waals surface area contributed by atoms with Crippen molar-refractivity contribution < 1.29 is 4.92 Å². The Morgan fingerprint density at radius 1 is 1.37 bits per heavy atom. The third-order valence-electron chi connectivity index (χ3n) is 3.47. The van der Waals surface area contributed by atoms with Gasteiger partial charge in [-0.05, 0) is 37.0 Å². The van der Waals surface area contributed by atoms with Crippen LogP contribution in [-0.2, 0) is 12.8 Å². The van der Waals surface area contributed by atoms with E-state index in [1.54, 1.807) is 12.1 Å². The maximum atomic E-state index is 10.6. The molecule has 0 fully saturated rings. The number of hydrogen-bond donors (Lipinski definition) is 2. The number of nitro groups is 1. The molecule has 0 saturated carbocycles. The smallest absolute Gasteiger partial charge is 0.269 e. The van der Waals surface area contributed by atoms with E-state index >= 15 is 0 Å². The molecule has 0 saturated heterocycles. The Morgan fingerprint density at radius 3 is 2.89 bits per heavy atom. The molecule has 6 heteroatoms. The standard InChI is InChI=1S/C13H14N4O2/c18-17(19)12-4-1-10(2-5-12)15-11-3-6-13-9(7-11)8-14-16-13/h1-2,4-5,8,11,15H,3,6-7H2,(H,14,16). The molecular formula is C13H14N4O2. The minimum Gasteiger partial charge on any atom is -0.382 e. The fraction of sp³-hybridized carbons (Fsp3) is 0.308. The Bertz CT molecular complexity index is 591. The Morgan fingerprint density at radius 2 is 2.16 bits per heavy atom. The Labute approximate surface area is 110 Å². The summed E-state index contributed by atoms with van der Waals surface area (Å²) in [5.74, 6) is 0. The first kappa shape index (κ1) is 11.7. The monoisotopic (exact) mass is 258 g/mol. The minimum absolute atomic E-state index is 0.117. The van der Waals surface area contributed by atoms with Crippen molar-refractivity contribution in [2.75, 3.05) is 5.32 Å². The summed E-state index contributed by atoms with van der Waals surface area (Å²) in [6.45, 7) is 0. The van der Waals surface area contributed by atoms with Crippen molar-refractivity contribution in [2.45, 2.75) is 25.3 Å². The maximum Gasteiger partial charge on any atom is 0.269 e. The number of anilines is 1. The third-order valence-corrected chi connectivity index (χ3v) is 3.47. The molecule has 1 heterocycles. The molecule has 0 spiro atoms. The average Bonchev–Trinajstić information content (AvgIpc) is 2.87. The van der Waals surface area contributed by atoms with Gasteiger partial charge < -0.3 is 5.32 Å². The SMILES string of the molecule is O=[N+]([O-])c1ccc(NC2CCc3[nH]ncc3C2)cc1. The number of fused-ring (bicyclic) bond motifs is 1. The van der Waals surface area contributed by atoms with E-state index in [0.717, 1.165) is 24.9 Å². The van der Waals surface area contributed by atoms with E-state index in [1.807, 2.05) is 6.20 Å². The summed E-state index contributed by atoms with van der Waals surface area (Å²) in [5.41, 5.74) is 3.52. The summed E-state index contributed by atoms with van der Waals surface area (Å²) >= 11 is 0. The molecule has 19 heavy (non-hydrogen) atoms. The Hall–Kier alpha value is -2.37. The largest absolute Gasteiger partial charge is 0.382 e. The molecule has 6 nitrogen and oxygen atoms in total. The van der Waals surface area contributed by atoms with Crippen LogP contribution in [0.15, 0.2) is 30.5 Å². The highest BCUT2D eigenvalue weighted by Crippen LogP contribution is 2.23. The van der Waals surface area contributed by atoms with Gasteiger partial charge in [-0.15, -0.1) is 0 Å². The van der Waals surface area contributed by atoms with Crippen LogP contribution in [0.1, 0.15) is 17.7 Å². The molecular weight excluding hydrogens is 244 g/mol. The number of nitrogens with one attached hydrogen (secondary N) is 2. The molecule has 2 N–H and O–H groups in total. The second-order valence-corrected chi connectivity index (χ2v) is 4.76. The predicted molar refractivity (Wildman–Crippen MR) is 71.1 cm³/mol. The minimum atomic E-state index is -0.387. The van der Waals surface area contributed by atoms with E-state index in [4.69, 9.17) is 0 Å². The highest BCUT2D eigenvalue weighted by Gasteiger charge is 2.19. The molecule has 0 radical (unpaired) electrons. The number of non-ortho nitro benzene ring substituents is 1. The van der Waals surface area contributed by atoms with Crippen LogP contribution in [0.5, 0.6) is 0 Å². The molecule has 1 unspecified atom stereocenters. The van der Waals surface area contributed by atoms with Crippen LogP contribution in [0.25, 0.3) is 0 Å². The quantitative estimate of drug-likeness (QED) is 0.653. The summed E-state index contributed by atoms with van der Waals surface area (Å²) < 4.78 is 0. The number of nitrogens with zero attached hydrogens (tertiary/aromatic N) is 2. The van der Waals surface area contributed by atoms with Crippen molar-refractivity contribution >= 4 is 11.4 Å². The van der Waals surface area contributed by atoms with Gasteiger partial charge in [0.2, 0.25) is 0 Å². The second kappa shape index (κ2) is 4.72. The maximum absolute atomic E-state index is 10.6. The van der Waals surface area contributed by atoms with Gasteiger partial charge >= 0.3 is 0 Å². The lowest BCUT2D eigenvalue weighted by atomic mass is 9.93. The van der Waals surface area contributed by atoms with E-state index in [0.29, 0.717) is 6.04 Å². The Balaban J connectivity index is 1.68. The van der Waals surface area contributed by atoms with Crippen LogP contribution < -0.4 is 5.32 Å². The van der Waals surface area contributed by atoms with Crippen molar-refractivity contribution in [3.63, 3.8) is 0 Å². The fourth-order valence-corrected chi connectivity index (χ4v) is 2.45. The van der Waals surface area contributed by atoms with Crippen LogP contribution in [0.3, 0.4) is 0 Å². The van der Waals surface area contributed by atoms with Crippen molar-refractivity contribution in [2.24, 2.45) is 0 Å². The molecule has 1 aromatic carbocycles. The molecule has 0 aliphatic heterocycles. The van der Waals surface area contributed by atoms with Crippen LogP contribution in [-0.4, -0.2) is 21.2 Å². The van der Waals surface area contributed by atoms with Crippen molar-refractivity contribution in [3.8, 4) is 0 Å². The second-order valence-electron chi connectivity index (χ2n) is 4.76. The molecule has 0 amide bonds. The third kappa shape index (κ3) is 2.42. The fourth-order valence-electron chi connectivity index (χ4n) is 2.45. The first-order valence-electron chi connectivity index (χ1n) is 6.24. The summed E-state index contributed by atoms with van der Waals surface area (Å²) in [4.78, 5) is 10.2. The predicted octanol–water partition coefficient (Wildman–Crippen LogP) is 2.29. The molecule has 2 aromatic rings. The van der Waals surface area contributed by atoms with Crippen molar-refractivity contribution in [1.29, 1.82) is 0 Å². The number of rotatable bonds is 3. The van der Waals surface area contributed by atoms with Gasteiger partial charge in [0.15, 0.2) is 0 Å². The summed E-state index contributed by atoms with van der Waals surface area (Å²) in [6.07, 6.45) is 4.83. The van der Waals surface area contributed by atoms with Crippen LogP contribution in [0.4, 0.5) is 11.4 Å². The number of aromatic nitrogens is 2. The number of H-pyrrole nitrogens is 1. The molecule has 1 aliphatic carbocycles. The average molecular weight is 258 g/mol. The Kier molecular flexibility index (Phi) is 2.91. The summed E-state index contributed by atoms with van der Waals surface area (Å²) in [6, 6.07) is 6.90. The number of aryl methyl sites for hydroxylation is 1. The lowest BCUT2D eigenvalue weighted by Crippen LogP contribution is -2.26. The van der Waals surface area contributed by atoms with Crippen LogP contribution >= 0.6 is 0 Å². The normalized spacial score (nSPS) is 17.8. The van der Waals surface area contributed by atoms with E-state index in [2.05, 4.69) is 15.5 Å². The van der Waals surface area contributed by atoms with E-state index in [1.165, 1.54) is 23.4 Å². The zero-order valence-electron chi connectivity index (χ0n) is 10.3. The first-order chi connectivity index (χ1) is 9.22. The van der Waals surface area contributed by atoms with Crippen molar-refractivity contribution in [1.82, 2.24) is 10.2 Å². The lowest BCUT2D eigenvalue weighted by molar-refractivity contribution is -0.384. The molecule has 1 aliphatic rings. The van der Waals surface area contributed by atoms with Gasteiger partial charge in [-0.2, -0.15) is 5.10 Å². The number of hydrogen-bond acceptors (Lipinski definition) is 4. The van der Waals surface area contributed by atoms with Gasteiger partial charge in [0.1, 0.15) is 0 Å². The first-order valence-corrected chi connectivity index (χ1v) is 6.24. The van der Waals surface area contributed by atoms with Crippen LogP contribution in [0.2, 0.25) is 0 Å². The molecule has 98 valence electrons. The molecule has 0 bridgehead atoms. The van der Waals surface area contributed by atoms with Gasteiger partial charge in [0.05, 0.1) is 11.1 Å². The van der Waals surface area contributed by atoms with Gasteiger partial charge in [-0.1, -0.05) is 0 Å². The molecule has 1 atom stereocenters. The number of nitro benzene ring substituents is 1. The van der Waals surface area contributed by atoms with Gasteiger partial charge in [-0.25, -0.2) is 0 Å². The number of aromatic amines is 1. The topological polar surface area (TPSA) is 83.9 Å². The summed E-state index contributed by atoms with van der Waals surface area (Å²) in [7, 11) is 0. The van der Waals surface area contributed by atoms with Crippen molar-refractivity contribution in [3.05, 3.63) is 51.8 Å². The summed E-state index contributed by atoms with van der Waals surface area (Å²) in [5, 5.41) is 21.1. The van der Waals surface area contributed by atoms with Crippen LogP contribution in [0, 0.1) is 10.1 Å². The molecule has 3 rings (SSSR count). The highest BCUT2D eigenvalue weighted by molar-refractivity contribution is 5.49. The zero-order chi connectivity index (χ0) is 13.2. The van der Waals surface area contributed by atoms with E-state index in [-0.39, 0.29) is 10.6 Å².